The highest BCUT2D eigenvalue weighted by atomic mass is 79.9. The Morgan fingerprint density at radius 1 is 1.03 bits per heavy atom. The Hall–Kier alpha value is -2.59. The minimum Gasteiger partial charge on any atom is -0.466 e. The van der Waals surface area contributed by atoms with Crippen LogP contribution in [0.1, 0.15) is 30.6 Å². The van der Waals surface area contributed by atoms with Gasteiger partial charge in [-0.15, -0.1) is 0 Å². The van der Waals surface area contributed by atoms with Crippen LogP contribution in [0.5, 0.6) is 0 Å². The van der Waals surface area contributed by atoms with Gasteiger partial charge in [0.25, 0.3) is 5.56 Å². The van der Waals surface area contributed by atoms with Crippen molar-refractivity contribution in [3.8, 4) is 11.3 Å². The molecule has 0 aliphatic rings. The summed E-state index contributed by atoms with van der Waals surface area (Å²) in [6.45, 7) is 4.53. The fourth-order valence-corrected chi connectivity index (χ4v) is 3.12. The molecular weight excluding hydrogens is 520 g/mol. The second kappa shape index (κ2) is 11.6. The van der Waals surface area contributed by atoms with Gasteiger partial charge in [0.1, 0.15) is 6.42 Å². The molecule has 158 valence electrons. The van der Waals surface area contributed by atoms with Crippen molar-refractivity contribution in [2.75, 3.05) is 6.61 Å². The van der Waals surface area contributed by atoms with Crippen molar-refractivity contribution in [2.24, 2.45) is 0 Å². The van der Waals surface area contributed by atoms with Crippen LogP contribution in [0.25, 0.3) is 11.3 Å². The van der Waals surface area contributed by atoms with Crippen molar-refractivity contribution in [1.29, 1.82) is 0 Å². The van der Waals surface area contributed by atoms with E-state index in [9.17, 15) is 14.4 Å². The quantitative estimate of drug-likeness (QED) is 0.288. The van der Waals surface area contributed by atoms with Crippen LogP contribution < -0.4 is 5.56 Å². The summed E-state index contributed by atoms with van der Waals surface area (Å²) in [6, 6.07) is 5.11. The molecule has 0 aromatic carbocycles. The number of carbonyl (C=O) groups excluding carboxylic acids is 2. The van der Waals surface area contributed by atoms with Crippen LogP contribution in [0.4, 0.5) is 0 Å². The van der Waals surface area contributed by atoms with Gasteiger partial charge < -0.3 is 4.74 Å². The zero-order valence-electron chi connectivity index (χ0n) is 16.4. The molecule has 0 aliphatic heterocycles. The van der Waals surface area contributed by atoms with Gasteiger partial charge in [-0.25, -0.2) is 0 Å². The zero-order chi connectivity index (χ0) is 22.1. The van der Waals surface area contributed by atoms with Gasteiger partial charge in [0, 0.05) is 57.5 Å². The van der Waals surface area contributed by atoms with Gasteiger partial charge in [-0.3, -0.25) is 34.1 Å². The van der Waals surface area contributed by atoms with Crippen LogP contribution in [-0.4, -0.2) is 38.1 Å². The molecule has 0 unspecified atom stereocenters. The van der Waals surface area contributed by atoms with Crippen molar-refractivity contribution in [2.45, 2.75) is 26.8 Å². The number of H-pyrrole nitrogens is 1. The molecule has 0 aliphatic carbocycles. The largest absolute Gasteiger partial charge is 0.466 e. The Kier molecular flexibility index (Phi) is 9.13. The van der Waals surface area contributed by atoms with Gasteiger partial charge >= 0.3 is 5.97 Å². The first-order valence-electron chi connectivity index (χ1n) is 9.04. The predicted molar refractivity (Wildman–Crippen MR) is 119 cm³/mol. The Morgan fingerprint density at radius 2 is 1.70 bits per heavy atom. The lowest BCUT2D eigenvalue weighted by Gasteiger charge is -2.01. The van der Waals surface area contributed by atoms with Gasteiger partial charge in [-0.05, 0) is 57.8 Å². The highest BCUT2D eigenvalue weighted by molar-refractivity contribution is 9.10. The summed E-state index contributed by atoms with van der Waals surface area (Å²) in [4.78, 5) is 41.9. The molecule has 3 aromatic heterocycles. The maximum atomic E-state index is 11.5. The van der Waals surface area contributed by atoms with E-state index in [0.29, 0.717) is 16.6 Å². The van der Waals surface area contributed by atoms with Crippen LogP contribution in [0.2, 0.25) is 0 Å². The maximum Gasteiger partial charge on any atom is 0.313 e. The van der Waals surface area contributed by atoms with Gasteiger partial charge in [-0.2, -0.15) is 0 Å². The van der Waals surface area contributed by atoms with E-state index in [2.05, 4.69) is 51.7 Å². The van der Waals surface area contributed by atoms with Crippen molar-refractivity contribution < 1.29 is 14.3 Å². The average molecular weight is 540 g/mol. The number of aryl methyl sites for hydroxylation is 1. The number of rotatable bonds is 6. The van der Waals surface area contributed by atoms with Gasteiger partial charge in [0.15, 0.2) is 5.78 Å². The van der Waals surface area contributed by atoms with Crippen molar-refractivity contribution >= 4 is 43.6 Å². The number of hydrogen-bond acceptors (Lipinski definition) is 6. The third-order valence-corrected chi connectivity index (χ3v) is 4.63. The molecule has 0 atom stereocenters. The van der Waals surface area contributed by atoms with E-state index < -0.39 is 5.97 Å². The number of Topliss-reactive ketones (excluding diaryl/α,β-unsaturated/α-hetero) is 1. The third kappa shape index (κ3) is 7.03. The van der Waals surface area contributed by atoms with Crippen molar-refractivity contribution in [3.05, 3.63) is 67.8 Å². The molecule has 8 nitrogen and oxygen atoms in total. The number of hydrogen-bond donors (Lipinski definition) is 1. The minimum atomic E-state index is -0.512. The number of nitrogens with one attached hydrogen (secondary N) is 1. The van der Waals surface area contributed by atoms with Crippen LogP contribution in [-0.2, 0) is 16.1 Å². The summed E-state index contributed by atoms with van der Waals surface area (Å²) < 4.78 is 7.82. The first-order chi connectivity index (χ1) is 14.3. The Labute approximate surface area is 189 Å². The minimum absolute atomic E-state index is 0.0209. The molecule has 0 bridgehead atoms. The number of ketones is 1. The van der Waals surface area contributed by atoms with E-state index >= 15 is 0 Å². The van der Waals surface area contributed by atoms with Crippen LogP contribution in [0, 0.1) is 0 Å². The van der Waals surface area contributed by atoms with E-state index in [0.717, 1.165) is 15.7 Å². The Morgan fingerprint density at radius 3 is 2.27 bits per heavy atom. The Bertz CT molecular complexity index is 1080. The molecule has 3 rings (SSSR count). The number of carbonyl (C=O) groups is 2. The molecule has 0 spiro atoms. The molecule has 0 saturated carbocycles. The van der Waals surface area contributed by atoms with E-state index in [4.69, 9.17) is 0 Å². The zero-order valence-corrected chi connectivity index (χ0v) is 19.6. The van der Waals surface area contributed by atoms with Crippen LogP contribution >= 0.6 is 31.9 Å². The lowest BCUT2D eigenvalue weighted by atomic mass is 10.1. The summed E-state index contributed by atoms with van der Waals surface area (Å²) in [5.41, 5.74) is 2.06. The van der Waals surface area contributed by atoms with E-state index in [1.165, 1.54) is 6.20 Å². The van der Waals surface area contributed by atoms with Crippen molar-refractivity contribution in [1.82, 2.24) is 19.7 Å². The molecule has 3 heterocycles. The van der Waals surface area contributed by atoms with Gasteiger partial charge in [0.05, 0.1) is 12.3 Å². The standard InChI is InChI=1S/C10H10BrN3O.C10H10BrNO3/c1-2-14-10(15)4-9(13-14)7-3-8(11)6-12-5-7;1-2-15-10(14)4-9(13)7-3-8(11)6-12-5-7/h3-6,13H,2H2,1H3;3,5-6H,2,4H2,1H3. The molecule has 30 heavy (non-hydrogen) atoms. The average Bonchev–Trinajstić information content (AvgIpc) is 3.09. The van der Waals surface area contributed by atoms with Crippen LogP contribution in [0.3, 0.4) is 0 Å². The first kappa shape index (κ1) is 23.7. The summed E-state index contributed by atoms with van der Waals surface area (Å²) in [7, 11) is 0. The highest BCUT2D eigenvalue weighted by Crippen LogP contribution is 2.18. The Balaban J connectivity index is 0.000000214. The molecule has 0 fully saturated rings. The lowest BCUT2D eigenvalue weighted by molar-refractivity contribution is -0.141. The van der Waals surface area contributed by atoms with Crippen molar-refractivity contribution in [3.63, 3.8) is 0 Å². The maximum absolute atomic E-state index is 11.5. The number of aromatic amines is 1. The molecule has 1 N–H and O–H groups in total. The van der Waals surface area contributed by atoms with Crippen LogP contribution in [0.15, 0.2) is 56.7 Å². The summed E-state index contributed by atoms with van der Waals surface area (Å²) >= 11 is 6.54. The molecule has 0 saturated heterocycles. The lowest BCUT2D eigenvalue weighted by Crippen LogP contribution is -2.13. The smallest absolute Gasteiger partial charge is 0.313 e. The normalized spacial score (nSPS) is 10.1. The topological polar surface area (TPSA) is 107 Å². The summed E-state index contributed by atoms with van der Waals surface area (Å²) in [5, 5.41) is 3.02. The number of nitrogens with zero attached hydrogens (tertiary/aromatic N) is 3. The number of ether oxygens (including phenoxy) is 1. The molecule has 0 radical (unpaired) electrons. The molecule has 0 amide bonds. The fourth-order valence-electron chi connectivity index (χ4n) is 2.39. The number of pyridine rings is 2. The SMILES string of the molecule is CCOC(=O)CC(=O)c1cncc(Br)c1.CCn1[nH]c(-c2cncc(Br)c2)cc1=O. The fraction of sp³-hybridized carbons (Fsp3) is 0.250. The third-order valence-electron chi connectivity index (χ3n) is 3.76. The van der Waals surface area contributed by atoms with E-state index in [1.54, 1.807) is 42.3 Å². The number of halogens is 2. The second-order valence-electron chi connectivity index (χ2n) is 5.94. The number of aromatic nitrogens is 4. The van der Waals surface area contributed by atoms with E-state index in [1.807, 2.05) is 13.0 Å². The number of esters is 1. The van der Waals surface area contributed by atoms with Gasteiger partial charge in [0.2, 0.25) is 0 Å². The molecule has 10 heteroatoms. The second-order valence-corrected chi connectivity index (χ2v) is 7.77. The molecular formula is C20H20Br2N4O4. The first-order valence-corrected chi connectivity index (χ1v) is 10.6. The summed E-state index contributed by atoms with van der Waals surface area (Å²) in [5.74, 6) is -0.801. The predicted octanol–water partition coefficient (Wildman–Crippen LogP) is 4.00. The molecule has 3 aromatic rings. The van der Waals surface area contributed by atoms with Gasteiger partial charge in [-0.1, -0.05) is 0 Å². The monoisotopic (exact) mass is 538 g/mol. The summed E-state index contributed by atoms with van der Waals surface area (Å²) in [6.07, 6.45) is 6.17. The van der Waals surface area contributed by atoms with E-state index in [-0.39, 0.29) is 24.4 Å². The highest BCUT2D eigenvalue weighted by Gasteiger charge is 2.13.